The van der Waals surface area contributed by atoms with E-state index in [-0.39, 0.29) is 6.10 Å². The number of ether oxygens (including phenoxy) is 2. The average Bonchev–Trinajstić information content (AvgIpc) is 2.60. The van der Waals surface area contributed by atoms with E-state index in [0.717, 1.165) is 6.42 Å². The van der Waals surface area contributed by atoms with Crippen LogP contribution >= 0.6 is 0 Å². The van der Waals surface area contributed by atoms with Gasteiger partial charge in [0.2, 0.25) is 0 Å². The van der Waals surface area contributed by atoms with Crippen LogP contribution < -0.4 is 0 Å². The Balaban J connectivity index is 1.82. The van der Waals surface area contributed by atoms with Gasteiger partial charge in [0.25, 0.3) is 0 Å². The molecule has 2 rings (SSSR count). The zero-order chi connectivity index (χ0) is 11.4. The maximum absolute atomic E-state index is 5.71. The lowest BCUT2D eigenvalue weighted by molar-refractivity contribution is -0.137. The molecule has 0 bridgehead atoms. The van der Waals surface area contributed by atoms with Gasteiger partial charge in [-0.25, -0.2) is 0 Å². The first-order valence-electron chi connectivity index (χ1n) is 5.69. The lowest BCUT2D eigenvalue weighted by atomic mass is 10.2. The van der Waals surface area contributed by atoms with E-state index in [0.29, 0.717) is 6.61 Å². The van der Waals surface area contributed by atoms with Gasteiger partial charge in [0, 0.05) is 0 Å². The second-order valence-corrected chi connectivity index (χ2v) is 4.50. The van der Waals surface area contributed by atoms with E-state index in [1.165, 1.54) is 5.56 Å². The first-order chi connectivity index (χ1) is 7.66. The predicted octanol–water partition coefficient (Wildman–Crippen LogP) is 3.24. The van der Waals surface area contributed by atoms with Crippen molar-refractivity contribution in [3.05, 3.63) is 42.0 Å². The quantitative estimate of drug-likeness (QED) is 0.775. The van der Waals surface area contributed by atoms with Gasteiger partial charge in [-0.3, -0.25) is 0 Å². The van der Waals surface area contributed by atoms with Gasteiger partial charge < -0.3 is 9.47 Å². The van der Waals surface area contributed by atoms with Crippen LogP contribution in [0.5, 0.6) is 0 Å². The van der Waals surface area contributed by atoms with Crippen LogP contribution in [-0.2, 0) is 9.47 Å². The Labute approximate surface area is 96.9 Å². The molecule has 0 radical (unpaired) electrons. The van der Waals surface area contributed by atoms with Gasteiger partial charge >= 0.3 is 0 Å². The van der Waals surface area contributed by atoms with Gasteiger partial charge in [0.05, 0.1) is 12.7 Å². The lowest BCUT2D eigenvalue weighted by Crippen LogP contribution is -2.21. The third-order valence-electron chi connectivity index (χ3n) is 2.58. The summed E-state index contributed by atoms with van der Waals surface area (Å²) in [7, 11) is 0. The summed E-state index contributed by atoms with van der Waals surface area (Å²) < 4.78 is 11.2. The Hall–Kier alpha value is -1.12. The van der Waals surface area contributed by atoms with Gasteiger partial charge in [-0.05, 0) is 25.8 Å². The second-order valence-electron chi connectivity index (χ2n) is 4.50. The monoisotopic (exact) mass is 218 g/mol. The van der Waals surface area contributed by atoms with Crippen molar-refractivity contribution in [2.45, 2.75) is 32.2 Å². The van der Waals surface area contributed by atoms with Gasteiger partial charge in [0.1, 0.15) is 0 Å². The van der Waals surface area contributed by atoms with E-state index in [1.54, 1.807) is 0 Å². The highest BCUT2D eigenvalue weighted by molar-refractivity contribution is 5.48. The Kier molecular flexibility index (Phi) is 3.42. The zero-order valence-corrected chi connectivity index (χ0v) is 9.85. The van der Waals surface area contributed by atoms with Crippen LogP contribution in [-0.4, -0.2) is 18.5 Å². The van der Waals surface area contributed by atoms with E-state index in [4.69, 9.17) is 9.47 Å². The van der Waals surface area contributed by atoms with Crippen LogP contribution in [0.4, 0.5) is 0 Å². The van der Waals surface area contributed by atoms with Crippen molar-refractivity contribution in [2.75, 3.05) is 6.61 Å². The molecule has 1 aliphatic rings. The molecule has 1 fully saturated rings. The highest BCUT2D eigenvalue weighted by Crippen LogP contribution is 2.24. The predicted molar refractivity (Wildman–Crippen MR) is 65.0 cm³/mol. The molecule has 2 heteroatoms. The minimum atomic E-state index is -0.411. The molecule has 1 unspecified atom stereocenters. The maximum atomic E-state index is 5.71. The Morgan fingerprint density at radius 2 is 2.06 bits per heavy atom. The van der Waals surface area contributed by atoms with Crippen LogP contribution in [0.2, 0.25) is 0 Å². The van der Waals surface area contributed by atoms with E-state index in [9.17, 15) is 0 Å². The summed E-state index contributed by atoms with van der Waals surface area (Å²) in [5.74, 6) is -0.411. The summed E-state index contributed by atoms with van der Waals surface area (Å²) in [6, 6.07) is 10.3. The molecule has 1 aromatic carbocycles. The van der Waals surface area contributed by atoms with E-state index < -0.39 is 5.79 Å². The van der Waals surface area contributed by atoms with Crippen LogP contribution in [0.1, 0.15) is 25.8 Å². The summed E-state index contributed by atoms with van der Waals surface area (Å²) >= 11 is 0. The molecular formula is C14H18O2. The van der Waals surface area contributed by atoms with Gasteiger partial charge in [-0.1, -0.05) is 42.5 Å². The summed E-state index contributed by atoms with van der Waals surface area (Å²) in [6.45, 7) is 4.59. The summed E-state index contributed by atoms with van der Waals surface area (Å²) in [5.41, 5.74) is 1.22. The van der Waals surface area contributed by atoms with Crippen molar-refractivity contribution in [2.24, 2.45) is 0 Å². The highest BCUT2D eigenvalue weighted by Gasteiger charge is 2.31. The fourth-order valence-corrected chi connectivity index (χ4v) is 1.80. The SMILES string of the molecule is CC1(C)OCC(C/C=C/c2ccccc2)O1. The van der Waals surface area contributed by atoms with E-state index >= 15 is 0 Å². The molecule has 0 amide bonds. The molecule has 1 heterocycles. The number of rotatable bonds is 3. The smallest absolute Gasteiger partial charge is 0.163 e. The van der Waals surface area contributed by atoms with Crippen molar-refractivity contribution in [3.8, 4) is 0 Å². The third kappa shape index (κ3) is 3.19. The molecule has 1 saturated heterocycles. The largest absolute Gasteiger partial charge is 0.348 e. The van der Waals surface area contributed by atoms with Crippen LogP contribution in [0.3, 0.4) is 0 Å². The molecule has 0 saturated carbocycles. The van der Waals surface area contributed by atoms with Gasteiger partial charge in [-0.2, -0.15) is 0 Å². The van der Waals surface area contributed by atoms with E-state index in [2.05, 4.69) is 24.3 Å². The fourth-order valence-electron chi connectivity index (χ4n) is 1.80. The average molecular weight is 218 g/mol. The maximum Gasteiger partial charge on any atom is 0.163 e. The molecule has 0 N–H and O–H groups in total. The van der Waals surface area contributed by atoms with Crippen LogP contribution in [0, 0.1) is 0 Å². The second kappa shape index (κ2) is 4.81. The molecule has 0 spiro atoms. The van der Waals surface area contributed by atoms with E-state index in [1.807, 2.05) is 32.0 Å². The van der Waals surface area contributed by atoms with Crippen LogP contribution in [0.25, 0.3) is 6.08 Å². The molecule has 1 aliphatic heterocycles. The van der Waals surface area contributed by atoms with Gasteiger partial charge in [0.15, 0.2) is 5.79 Å². The summed E-state index contributed by atoms with van der Waals surface area (Å²) in [6.07, 6.45) is 5.35. The lowest BCUT2D eigenvalue weighted by Gasteiger charge is -2.16. The molecule has 0 aromatic heterocycles. The molecule has 1 atom stereocenters. The van der Waals surface area contributed by atoms with Crippen molar-refractivity contribution in [1.82, 2.24) is 0 Å². The standard InChI is InChI=1S/C14H18O2/c1-14(2)15-11-13(16-14)10-6-9-12-7-4-3-5-8-12/h3-9,13H,10-11H2,1-2H3/b9-6+. The Bertz CT molecular complexity index is 354. The first-order valence-corrected chi connectivity index (χ1v) is 5.69. The Morgan fingerprint density at radius 1 is 1.31 bits per heavy atom. The third-order valence-corrected chi connectivity index (χ3v) is 2.58. The summed E-state index contributed by atoms with van der Waals surface area (Å²) in [5, 5.41) is 0. The first kappa shape index (κ1) is 11.4. The minimum absolute atomic E-state index is 0.190. The Morgan fingerprint density at radius 3 is 2.69 bits per heavy atom. The zero-order valence-electron chi connectivity index (χ0n) is 9.85. The molecule has 86 valence electrons. The van der Waals surface area contributed by atoms with Crippen LogP contribution in [0.15, 0.2) is 36.4 Å². The molecule has 0 aliphatic carbocycles. The van der Waals surface area contributed by atoms with Crippen molar-refractivity contribution < 1.29 is 9.47 Å². The van der Waals surface area contributed by atoms with Crippen molar-refractivity contribution in [3.63, 3.8) is 0 Å². The normalized spacial score (nSPS) is 24.0. The van der Waals surface area contributed by atoms with Crippen molar-refractivity contribution >= 4 is 6.08 Å². The molecule has 16 heavy (non-hydrogen) atoms. The number of hydrogen-bond acceptors (Lipinski definition) is 2. The minimum Gasteiger partial charge on any atom is -0.348 e. The molecule has 1 aromatic rings. The van der Waals surface area contributed by atoms with Gasteiger partial charge in [-0.15, -0.1) is 0 Å². The fraction of sp³-hybridized carbons (Fsp3) is 0.429. The summed E-state index contributed by atoms with van der Waals surface area (Å²) in [4.78, 5) is 0. The number of benzene rings is 1. The number of hydrogen-bond donors (Lipinski definition) is 0. The molecular weight excluding hydrogens is 200 g/mol. The molecule has 2 nitrogen and oxygen atoms in total. The van der Waals surface area contributed by atoms with Crippen molar-refractivity contribution in [1.29, 1.82) is 0 Å². The topological polar surface area (TPSA) is 18.5 Å². The highest BCUT2D eigenvalue weighted by atomic mass is 16.7.